The average molecular weight is 793 g/mol. The molecule has 0 fully saturated rings. The van der Waals surface area contributed by atoms with E-state index in [0.717, 1.165) is 77.6 Å². The van der Waals surface area contributed by atoms with Crippen LogP contribution >= 0.6 is 0 Å². The van der Waals surface area contributed by atoms with Crippen molar-refractivity contribution in [2.75, 3.05) is 0 Å². The second-order valence-electron chi connectivity index (χ2n) is 15.6. The Bertz CT molecular complexity index is 3550. The van der Waals surface area contributed by atoms with Gasteiger partial charge in [0.05, 0.1) is 22.3 Å². The van der Waals surface area contributed by atoms with Gasteiger partial charge in [0, 0.05) is 43.8 Å². The Morgan fingerprint density at radius 1 is 0.306 bits per heavy atom. The minimum atomic E-state index is 0.543. The number of fused-ring (bicyclic) bond motifs is 6. The molecule has 0 aliphatic heterocycles. The molecule has 3 heterocycles. The standard InChI is InChI=1S/C57H36N4O/c1-5-18-37(19-6-1)41-32-33-51-49(34-41)43-26-13-15-30-50(43)61(51)53-47(38-20-7-2-8-21-38)35-42(36-48(53)39-22-9-3-10-23-39)56-58-55(40-24-11-4-12-25-40)59-57(60-56)46-29-17-28-45-44-27-14-16-31-52(44)62-54(45)46/h1-36H. The number of rotatable bonds is 7. The molecule has 0 spiro atoms. The van der Waals surface area contributed by atoms with E-state index in [1.54, 1.807) is 0 Å². The molecular weight excluding hydrogens is 757 g/mol. The Hall–Kier alpha value is -8.41. The molecule has 0 aliphatic carbocycles. The molecule has 3 aromatic heterocycles. The summed E-state index contributed by atoms with van der Waals surface area (Å²) in [6.07, 6.45) is 0. The fraction of sp³-hybridized carbons (Fsp3) is 0. The van der Waals surface area contributed by atoms with Gasteiger partial charge in [-0.3, -0.25) is 0 Å². The van der Waals surface area contributed by atoms with Crippen LogP contribution in [-0.2, 0) is 0 Å². The number of furan rings is 1. The second kappa shape index (κ2) is 14.7. The van der Waals surface area contributed by atoms with Crippen molar-refractivity contribution in [3.63, 3.8) is 0 Å². The van der Waals surface area contributed by atoms with E-state index < -0.39 is 0 Å². The average Bonchev–Trinajstić information content (AvgIpc) is 3.90. The lowest BCUT2D eigenvalue weighted by Crippen LogP contribution is -2.04. The Balaban J connectivity index is 1.16. The number of para-hydroxylation sites is 3. The van der Waals surface area contributed by atoms with E-state index in [2.05, 4.69) is 168 Å². The van der Waals surface area contributed by atoms with E-state index in [0.29, 0.717) is 17.5 Å². The van der Waals surface area contributed by atoms with Crippen LogP contribution in [0.5, 0.6) is 0 Å². The lowest BCUT2D eigenvalue weighted by molar-refractivity contribution is 0.669. The van der Waals surface area contributed by atoms with Crippen LogP contribution in [0.4, 0.5) is 0 Å². The number of hydrogen-bond donors (Lipinski definition) is 0. The first kappa shape index (κ1) is 35.5. The van der Waals surface area contributed by atoms with E-state index in [1.807, 2.05) is 54.6 Å². The maximum atomic E-state index is 6.54. The number of nitrogens with zero attached hydrogens (tertiary/aromatic N) is 4. The zero-order valence-electron chi connectivity index (χ0n) is 33.5. The van der Waals surface area contributed by atoms with Gasteiger partial charge in [0.2, 0.25) is 0 Å². The lowest BCUT2D eigenvalue weighted by atomic mass is 9.92. The summed E-state index contributed by atoms with van der Waals surface area (Å²) in [4.78, 5) is 15.7. The summed E-state index contributed by atoms with van der Waals surface area (Å²) >= 11 is 0. The molecule has 0 radical (unpaired) electrons. The van der Waals surface area contributed by atoms with Crippen LogP contribution in [0.1, 0.15) is 0 Å². The molecule has 0 saturated heterocycles. The number of aromatic nitrogens is 4. The van der Waals surface area contributed by atoms with Gasteiger partial charge in [-0.2, -0.15) is 0 Å². The molecule has 0 aliphatic rings. The highest BCUT2D eigenvalue weighted by Crippen LogP contribution is 2.45. The molecule has 290 valence electrons. The first-order valence-corrected chi connectivity index (χ1v) is 20.9. The highest BCUT2D eigenvalue weighted by Gasteiger charge is 2.24. The van der Waals surface area contributed by atoms with E-state index in [1.165, 1.54) is 21.9 Å². The van der Waals surface area contributed by atoms with Gasteiger partial charge >= 0.3 is 0 Å². The van der Waals surface area contributed by atoms with Crippen LogP contribution in [0.3, 0.4) is 0 Å². The van der Waals surface area contributed by atoms with Gasteiger partial charge in [0.15, 0.2) is 17.5 Å². The third-order valence-corrected chi connectivity index (χ3v) is 11.9. The van der Waals surface area contributed by atoms with E-state index in [-0.39, 0.29) is 0 Å². The predicted molar refractivity (Wildman–Crippen MR) is 254 cm³/mol. The third-order valence-electron chi connectivity index (χ3n) is 11.9. The molecule has 12 rings (SSSR count). The van der Waals surface area contributed by atoms with Crippen molar-refractivity contribution in [1.82, 2.24) is 19.5 Å². The van der Waals surface area contributed by atoms with Crippen LogP contribution in [0.25, 0.3) is 117 Å². The van der Waals surface area contributed by atoms with Gasteiger partial charge < -0.3 is 8.98 Å². The van der Waals surface area contributed by atoms with Gasteiger partial charge in [-0.05, 0) is 64.7 Å². The van der Waals surface area contributed by atoms with Crippen molar-refractivity contribution >= 4 is 43.7 Å². The molecule has 0 N–H and O–H groups in total. The molecule has 62 heavy (non-hydrogen) atoms. The fourth-order valence-electron chi connectivity index (χ4n) is 8.97. The van der Waals surface area contributed by atoms with Crippen molar-refractivity contribution in [3.05, 3.63) is 218 Å². The Morgan fingerprint density at radius 2 is 0.823 bits per heavy atom. The minimum absolute atomic E-state index is 0.543. The summed E-state index contributed by atoms with van der Waals surface area (Å²) in [5.41, 5.74) is 14.1. The lowest BCUT2D eigenvalue weighted by Gasteiger charge is -2.21. The molecule has 0 amide bonds. The minimum Gasteiger partial charge on any atom is -0.455 e. The summed E-state index contributed by atoms with van der Waals surface area (Å²) in [7, 11) is 0. The van der Waals surface area contributed by atoms with Crippen molar-refractivity contribution in [1.29, 1.82) is 0 Å². The molecular formula is C57H36N4O. The highest BCUT2D eigenvalue weighted by molar-refractivity contribution is 6.12. The maximum Gasteiger partial charge on any atom is 0.167 e. The van der Waals surface area contributed by atoms with Gasteiger partial charge in [-0.25, -0.2) is 15.0 Å². The van der Waals surface area contributed by atoms with Gasteiger partial charge in [0.1, 0.15) is 11.2 Å². The van der Waals surface area contributed by atoms with E-state index >= 15 is 0 Å². The quantitative estimate of drug-likeness (QED) is 0.161. The summed E-state index contributed by atoms with van der Waals surface area (Å²) in [6, 6.07) is 76.5. The zero-order valence-corrected chi connectivity index (χ0v) is 33.5. The van der Waals surface area contributed by atoms with Crippen LogP contribution in [0, 0.1) is 0 Å². The monoisotopic (exact) mass is 792 g/mol. The topological polar surface area (TPSA) is 56.7 Å². The number of hydrogen-bond acceptors (Lipinski definition) is 4. The van der Waals surface area contributed by atoms with Gasteiger partial charge in [-0.1, -0.05) is 176 Å². The molecule has 0 atom stereocenters. The van der Waals surface area contributed by atoms with Gasteiger partial charge in [-0.15, -0.1) is 0 Å². The molecule has 12 aromatic rings. The Morgan fingerprint density at radius 3 is 1.50 bits per heavy atom. The second-order valence-corrected chi connectivity index (χ2v) is 15.6. The third kappa shape index (κ3) is 5.98. The molecule has 0 bridgehead atoms. The van der Waals surface area contributed by atoms with Crippen molar-refractivity contribution in [3.8, 4) is 73.2 Å². The smallest absolute Gasteiger partial charge is 0.167 e. The summed E-state index contributed by atoms with van der Waals surface area (Å²) in [6.45, 7) is 0. The number of benzene rings is 9. The normalized spacial score (nSPS) is 11.5. The fourth-order valence-corrected chi connectivity index (χ4v) is 8.97. The Kier molecular flexibility index (Phi) is 8.42. The SMILES string of the molecule is c1ccc(-c2ccc3c(c2)c2ccccc2n3-c2c(-c3ccccc3)cc(-c3nc(-c4ccccc4)nc(-c4cccc5c4oc4ccccc45)n3)cc2-c2ccccc2)cc1. The largest absolute Gasteiger partial charge is 0.455 e. The van der Waals surface area contributed by atoms with E-state index in [4.69, 9.17) is 19.4 Å². The van der Waals surface area contributed by atoms with Crippen molar-refractivity contribution in [2.45, 2.75) is 0 Å². The molecule has 5 nitrogen and oxygen atoms in total. The summed E-state index contributed by atoms with van der Waals surface area (Å²) in [5.74, 6) is 1.70. The first-order chi connectivity index (χ1) is 30.7. The first-order valence-electron chi connectivity index (χ1n) is 20.9. The highest BCUT2D eigenvalue weighted by atomic mass is 16.3. The maximum absolute atomic E-state index is 6.54. The van der Waals surface area contributed by atoms with Crippen molar-refractivity contribution < 1.29 is 4.42 Å². The molecule has 0 unspecified atom stereocenters. The molecule has 9 aromatic carbocycles. The van der Waals surface area contributed by atoms with Crippen LogP contribution < -0.4 is 0 Å². The van der Waals surface area contributed by atoms with Crippen LogP contribution in [0.15, 0.2) is 223 Å². The van der Waals surface area contributed by atoms with Crippen LogP contribution in [0.2, 0.25) is 0 Å². The van der Waals surface area contributed by atoms with Crippen LogP contribution in [-0.4, -0.2) is 19.5 Å². The van der Waals surface area contributed by atoms with E-state index in [9.17, 15) is 0 Å². The summed E-state index contributed by atoms with van der Waals surface area (Å²) in [5, 5.41) is 4.46. The molecule has 5 heteroatoms. The predicted octanol–water partition coefficient (Wildman–Crippen LogP) is 14.9. The Labute approximate surface area is 357 Å². The molecule has 0 saturated carbocycles. The summed E-state index contributed by atoms with van der Waals surface area (Å²) < 4.78 is 8.99. The zero-order chi connectivity index (χ0) is 41.0. The van der Waals surface area contributed by atoms with Gasteiger partial charge in [0.25, 0.3) is 0 Å². The van der Waals surface area contributed by atoms with Crippen molar-refractivity contribution in [2.24, 2.45) is 0 Å².